The molecule has 1 aromatic heterocycles. The first-order chi connectivity index (χ1) is 10.1. The van der Waals surface area contributed by atoms with E-state index in [1.54, 1.807) is 4.90 Å². The van der Waals surface area contributed by atoms with E-state index in [2.05, 4.69) is 11.9 Å². The fraction of sp³-hybridized carbons (Fsp3) is 0.533. The number of aromatic carboxylic acids is 1. The predicted octanol–water partition coefficient (Wildman–Crippen LogP) is 1.81. The molecule has 0 bridgehead atoms. The molecule has 0 radical (unpaired) electrons. The van der Waals surface area contributed by atoms with E-state index >= 15 is 0 Å². The summed E-state index contributed by atoms with van der Waals surface area (Å²) in [4.78, 5) is 28.7. The van der Waals surface area contributed by atoms with Crippen LogP contribution in [0.3, 0.4) is 0 Å². The fourth-order valence-electron chi connectivity index (χ4n) is 2.37. The molecule has 0 aliphatic carbocycles. The Hall–Kier alpha value is -1.95. The van der Waals surface area contributed by atoms with Gasteiger partial charge in [-0.15, -0.1) is 0 Å². The molecule has 2 heterocycles. The van der Waals surface area contributed by atoms with Gasteiger partial charge in [-0.25, -0.2) is 9.78 Å². The summed E-state index contributed by atoms with van der Waals surface area (Å²) in [5, 5.41) is 8.81. The molecule has 1 aliphatic heterocycles. The highest BCUT2D eigenvalue weighted by atomic mass is 16.5. The average molecular weight is 292 g/mol. The number of aromatic nitrogens is 1. The summed E-state index contributed by atoms with van der Waals surface area (Å²) < 4.78 is 5.71. The molecule has 1 aliphatic rings. The topological polar surface area (TPSA) is 79.7 Å². The third-order valence-corrected chi connectivity index (χ3v) is 3.45. The minimum absolute atomic E-state index is 0.0608. The van der Waals surface area contributed by atoms with Gasteiger partial charge in [-0.2, -0.15) is 0 Å². The van der Waals surface area contributed by atoms with Crippen molar-refractivity contribution in [1.29, 1.82) is 0 Å². The van der Waals surface area contributed by atoms with Crippen molar-refractivity contribution in [3.05, 3.63) is 29.6 Å². The standard InChI is InChI=1S/C15H20N2O4/c1-2-8-21-12-4-3-7-17(10-12)14(18)11-5-6-13(15(19)20)16-9-11/h5-6,9,12H,2-4,7-8,10H2,1H3,(H,19,20). The van der Waals surface area contributed by atoms with Crippen LogP contribution in [0.15, 0.2) is 18.3 Å². The fourth-order valence-corrected chi connectivity index (χ4v) is 2.37. The number of rotatable bonds is 5. The van der Waals surface area contributed by atoms with Crippen molar-refractivity contribution in [2.75, 3.05) is 19.7 Å². The minimum Gasteiger partial charge on any atom is -0.477 e. The Labute approximate surface area is 123 Å². The van der Waals surface area contributed by atoms with E-state index in [1.165, 1.54) is 18.3 Å². The summed E-state index contributed by atoms with van der Waals surface area (Å²) in [6.45, 7) is 4.05. The lowest BCUT2D eigenvalue weighted by atomic mass is 10.1. The Morgan fingerprint density at radius 3 is 2.90 bits per heavy atom. The molecule has 1 aromatic rings. The van der Waals surface area contributed by atoms with Gasteiger partial charge in [0.1, 0.15) is 5.69 Å². The predicted molar refractivity (Wildman–Crippen MR) is 76.4 cm³/mol. The van der Waals surface area contributed by atoms with E-state index < -0.39 is 5.97 Å². The molecule has 0 saturated carbocycles. The van der Waals surface area contributed by atoms with Crippen LogP contribution in [-0.2, 0) is 4.74 Å². The summed E-state index contributed by atoms with van der Waals surface area (Å²) in [7, 11) is 0. The maximum Gasteiger partial charge on any atom is 0.354 e. The first-order valence-corrected chi connectivity index (χ1v) is 7.22. The molecule has 21 heavy (non-hydrogen) atoms. The highest BCUT2D eigenvalue weighted by molar-refractivity contribution is 5.95. The second-order valence-corrected chi connectivity index (χ2v) is 5.12. The second-order valence-electron chi connectivity index (χ2n) is 5.12. The van der Waals surface area contributed by atoms with Crippen molar-refractivity contribution in [3.8, 4) is 0 Å². The van der Waals surface area contributed by atoms with Crippen LogP contribution >= 0.6 is 0 Å². The zero-order chi connectivity index (χ0) is 15.2. The number of hydrogen-bond acceptors (Lipinski definition) is 4. The number of ether oxygens (including phenoxy) is 1. The van der Waals surface area contributed by atoms with Crippen LogP contribution in [0, 0.1) is 0 Å². The maximum atomic E-state index is 12.4. The number of carbonyl (C=O) groups excluding carboxylic acids is 1. The Kier molecular flexibility index (Phi) is 5.27. The van der Waals surface area contributed by atoms with Crippen LogP contribution in [0.4, 0.5) is 0 Å². The number of amides is 1. The van der Waals surface area contributed by atoms with Gasteiger partial charge >= 0.3 is 5.97 Å². The van der Waals surface area contributed by atoms with Crippen molar-refractivity contribution in [3.63, 3.8) is 0 Å². The van der Waals surface area contributed by atoms with Crippen molar-refractivity contribution in [2.45, 2.75) is 32.3 Å². The van der Waals surface area contributed by atoms with Gasteiger partial charge in [0.15, 0.2) is 0 Å². The smallest absolute Gasteiger partial charge is 0.354 e. The molecule has 6 heteroatoms. The molecule has 1 saturated heterocycles. The van der Waals surface area contributed by atoms with Gasteiger partial charge < -0.3 is 14.7 Å². The SMILES string of the molecule is CCCOC1CCCN(C(=O)c2ccc(C(=O)O)nc2)C1. The van der Waals surface area contributed by atoms with Gasteiger partial charge in [-0.1, -0.05) is 6.92 Å². The van der Waals surface area contributed by atoms with Gasteiger partial charge in [-0.05, 0) is 31.4 Å². The van der Waals surface area contributed by atoms with Crippen molar-refractivity contribution < 1.29 is 19.4 Å². The molecule has 1 fully saturated rings. The number of pyridine rings is 1. The van der Waals surface area contributed by atoms with Crippen LogP contribution < -0.4 is 0 Å². The zero-order valence-corrected chi connectivity index (χ0v) is 12.1. The Morgan fingerprint density at radius 1 is 1.48 bits per heavy atom. The van der Waals surface area contributed by atoms with Crippen LogP contribution in [0.25, 0.3) is 0 Å². The number of likely N-dealkylation sites (tertiary alicyclic amines) is 1. The molecule has 1 unspecified atom stereocenters. The number of hydrogen-bond donors (Lipinski definition) is 1. The second kappa shape index (κ2) is 7.17. The highest BCUT2D eigenvalue weighted by Gasteiger charge is 2.25. The van der Waals surface area contributed by atoms with Crippen LogP contribution in [0.1, 0.15) is 47.0 Å². The summed E-state index contributed by atoms with van der Waals surface area (Å²) >= 11 is 0. The van der Waals surface area contributed by atoms with E-state index in [1.807, 2.05) is 0 Å². The van der Waals surface area contributed by atoms with Crippen LogP contribution in [0.2, 0.25) is 0 Å². The van der Waals surface area contributed by atoms with Crippen molar-refractivity contribution >= 4 is 11.9 Å². The quantitative estimate of drug-likeness (QED) is 0.895. The lowest BCUT2D eigenvalue weighted by Crippen LogP contribution is -2.43. The maximum absolute atomic E-state index is 12.4. The number of carbonyl (C=O) groups is 2. The molecule has 1 amide bonds. The third-order valence-electron chi connectivity index (χ3n) is 3.45. The Balaban J connectivity index is 2.00. The Morgan fingerprint density at radius 2 is 2.29 bits per heavy atom. The van der Waals surface area contributed by atoms with Gasteiger partial charge in [0.25, 0.3) is 5.91 Å². The van der Waals surface area contributed by atoms with E-state index in [4.69, 9.17) is 9.84 Å². The van der Waals surface area contributed by atoms with E-state index in [9.17, 15) is 9.59 Å². The number of piperidine rings is 1. The molecule has 2 rings (SSSR count). The molecular formula is C15H20N2O4. The van der Waals surface area contributed by atoms with Gasteiger partial charge in [0, 0.05) is 25.9 Å². The minimum atomic E-state index is -1.10. The van der Waals surface area contributed by atoms with E-state index in [0.717, 1.165) is 19.3 Å². The molecule has 0 spiro atoms. The first kappa shape index (κ1) is 15.4. The summed E-state index contributed by atoms with van der Waals surface area (Å²) in [5.74, 6) is -1.22. The number of carboxylic acids is 1. The summed E-state index contributed by atoms with van der Waals surface area (Å²) in [6.07, 6.45) is 4.27. The normalized spacial score (nSPS) is 18.5. The Bertz CT molecular complexity index is 501. The lowest BCUT2D eigenvalue weighted by molar-refractivity contribution is 0.00209. The van der Waals surface area contributed by atoms with Crippen LogP contribution in [-0.4, -0.2) is 52.7 Å². The molecule has 6 nitrogen and oxygen atoms in total. The van der Waals surface area contributed by atoms with Crippen LogP contribution in [0.5, 0.6) is 0 Å². The molecule has 1 atom stereocenters. The monoisotopic (exact) mass is 292 g/mol. The summed E-state index contributed by atoms with van der Waals surface area (Å²) in [5.41, 5.74) is 0.352. The largest absolute Gasteiger partial charge is 0.477 e. The molecule has 114 valence electrons. The molecule has 1 N–H and O–H groups in total. The first-order valence-electron chi connectivity index (χ1n) is 7.22. The molecule has 0 aromatic carbocycles. The average Bonchev–Trinajstić information content (AvgIpc) is 2.52. The zero-order valence-electron chi connectivity index (χ0n) is 12.1. The number of nitrogens with zero attached hydrogens (tertiary/aromatic N) is 2. The van der Waals surface area contributed by atoms with Gasteiger partial charge in [0.2, 0.25) is 0 Å². The summed E-state index contributed by atoms with van der Waals surface area (Å²) in [6, 6.07) is 2.86. The lowest BCUT2D eigenvalue weighted by Gasteiger charge is -2.32. The van der Waals surface area contributed by atoms with Gasteiger partial charge in [0.05, 0.1) is 11.7 Å². The molecular weight excluding hydrogens is 272 g/mol. The highest BCUT2D eigenvalue weighted by Crippen LogP contribution is 2.16. The third kappa shape index (κ3) is 4.01. The van der Waals surface area contributed by atoms with Crippen molar-refractivity contribution in [1.82, 2.24) is 9.88 Å². The van der Waals surface area contributed by atoms with Gasteiger partial charge in [-0.3, -0.25) is 4.79 Å². The number of carboxylic acid groups (broad SMARTS) is 1. The van der Waals surface area contributed by atoms with E-state index in [0.29, 0.717) is 25.3 Å². The van der Waals surface area contributed by atoms with Crippen molar-refractivity contribution in [2.24, 2.45) is 0 Å². The van der Waals surface area contributed by atoms with E-state index in [-0.39, 0.29) is 17.7 Å².